The molecule has 1 aliphatic carbocycles. The summed E-state index contributed by atoms with van der Waals surface area (Å²) in [6, 6.07) is 8.49. The Morgan fingerprint density at radius 3 is 2.68 bits per heavy atom. The summed E-state index contributed by atoms with van der Waals surface area (Å²) in [4.78, 5) is 2.54. The van der Waals surface area contributed by atoms with Crippen LogP contribution in [-0.2, 0) is 15.9 Å². The number of benzene rings is 1. The van der Waals surface area contributed by atoms with Crippen molar-refractivity contribution in [1.82, 2.24) is 4.90 Å². The van der Waals surface area contributed by atoms with Crippen LogP contribution in [0.25, 0.3) is 5.57 Å². The maximum atomic E-state index is 11.1. The standard InChI is InChI=1S/C19H23NO3.C2H6/c1-18(2)22-16-15(21)14-13-7-4-3-6-12(13)8-11-20-10-5-9-19(14,20)17(16)23-18;1-2/h3-4,6-7,16-17,21H,5,8-11H2,1-2H3;1-2H3/t16-,17-,19-;/m1./s1. The van der Waals surface area contributed by atoms with Gasteiger partial charge in [0.15, 0.2) is 5.79 Å². The SMILES string of the molecule is CC.CC1(C)O[C@@H]2C(O)=C3c4ccccc4CCN4CCC[C@]34[C@@H]2O1. The Labute approximate surface area is 150 Å². The highest BCUT2D eigenvalue weighted by Gasteiger charge is 2.65. The molecule has 1 aromatic rings. The molecule has 1 N–H and O–H groups in total. The predicted molar refractivity (Wildman–Crippen MR) is 98.4 cm³/mol. The fourth-order valence-electron chi connectivity index (χ4n) is 5.24. The van der Waals surface area contributed by atoms with Crippen LogP contribution in [0.15, 0.2) is 30.0 Å². The molecule has 2 fully saturated rings. The molecule has 3 heterocycles. The van der Waals surface area contributed by atoms with Crippen LogP contribution < -0.4 is 0 Å². The van der Waals surface area contributed by atoms with E-state index in [1.165, 1.54) is 11.1 Å². The number of nitrogens with zero attached hydrogens (tertiary/aromatic N) is 1. The number of ether oxygens (including phenoxy) is 2. The Hall–Kier alpha value is -1.36. The average molecular weight is 343 g/mol. The minimum Gasteiger partial charge on any atom is -0.509 e. The molecule has 0 bridgehead atoms. The van der Waals surface area contributed by atoms with Crippen LogP contribution in [0.5, 0.6) is 0 Å². The highest BCUT2D eigenvalue weighted by atomic mass is 16.8. The summed E-state index contributed by atoms with van der Waals surface area (Å²) in [6.45, 7) is 9.97. The number of fused-ring (bicyclic) bond motifs is 3. The highest BCUT2D eigenvalue weighted by molar-refractivity contribution is 5.82. The van der Waals surface area contributed by atoms with Crippen molar-refractivity contribution in [2.45, 2.75) is 70.5 Å². The minimum absolute atomic E-state index is 0.110. The molecule has 4 aliphatic rings. The van der Waals surface area contributed by atoms with Crippen LogP contribution in [0.2, 0.25) is 0 Å². The average Bonchev–Trinajstić information content (AvgIpc) is 3.19. The van der Waals surface area contributed by atoms with Gasteiger partial charge in [-0.2, -0.15) is 0 Å². The zero-order valence-electron chi connectivity index (χ0n) is 15.7. The van der Waals surface area contributed by atoms with E-state index in [0.29, 0.717) is 5.76 Å². The van der Waals surface area contributed by atoms with Crippen LogP contribution in [0, 0.1) is 0 Å². The molecule has 0 saturated carbocycles. The molecule has 1 aromatic carbocycles. The third kappa shape index (κ3) is 2.24. The second kappa shape index (κ2) is 5.83. The lowest BCUT2D eigenvalue weighted by Crippen LogP contribution is -2.53. The number of hydrogen-bond acceptors (Lipinski definition) is 4. The van der Waals surface area contributed by atoms with Crippen molar-refractivity contribution < 1.29 is 14.6 Å². The summed E-state index contributed by atoms with van der Waals surface area (Å²) in [5.74, 6) is -0.245. The number of hydrogen-bond donors (Lipinski definition) is 1. The third-order valence-electron chi connectivity index (χ3n) is 6.01. The molecule has 0 unspecified atom stereocenters. The minimum atomic E-state index is -0.635. The van der Waals surface area contributed by atoms with Gasteiger partial charge in [-0.05, 0) is 50.8 Å². The summed E-state index contributed by atoms with van der Waals surface area (Å²) in [7, 11) is 0. The van der Waals surface area contributed by atoms with Gasteiger partial charge in [0.1, 0.15) is 18.0 Å². The van der Waals surface area contributed by atoms with Crippen LogP contribution in [0.1, 0.15) is 51.7 Å². The van der Waals surface area contributed by atoms with Gasteiger partial charge in [-0.25, -0.2) is 0 Å². The largest absolute Gasteiger partial charge is 0.509 e. The smallest absolute Gasteiger partial charge is 0.164 e. The summed E-state index contributed by atoms with van der Waals surface area (Å²) in [6.07, 6.45) is 2.75. The third-order valence-corrected chi connectivity index (χ3v) is 6.01. The normalized spacial score (nSPS) is 35.2. The molecule has 25 heavy (non-hydrogen) atoms. The Morgan fingerprint density at radius 2 is 1.88 bits per heavy atom. The Bertz CT molecular complexity index is 711. The van der Waals surface area contributed by atoms with Crippen LogP contribution >= 0.6 is 0 Å². The highest BCUT2D eigenvalue weighted by Crippen LogP contribution is 2.57. The first-order valence-corrected chi connectivity index (χ1v) is 9.65. The molecular formula is C21H29NO3. The molecule has 0 radical (unpaired) electrons. The van der Waals surface area contributed by atoms with E-state index in [9.17, 15) is 5.11 Å². The van der Waals surface area contributed by atoms with Crippen LogP contribution in [-0.4, -0.2) is 46.6 Å². The van der Waals surface area contributed by atoms with E-state index < -0.39 is 5.79 Å². The topological polar surface area (TPSA) is 41.9 Å². The summed E-state index contributed by atoms with van der Waals surface area (Å²) in [5, 5.41) is 11.1. The molecule has 4 heteroatoms. The van der Waals surface area contributed by atoms with Gasteiger partial charge in [-0.3, -0.25) is 4.90 Å². The monoisotopic (exact) mass is 343 g/mol. The van der Waals surface area contributed by atoms with Gasteiger partial charge in [0.25, 0.3) is 0 Å². The Kier molecular flexibility index (Phi) is 3.98. The molecule has 3 aliphatic heterocycles. The lowest BCUT2D eigenvalue weighted by atomic mass is 9.82. The second-order valence-electron chi connectivity index (χ2n) is 7.66. The van der Waals surface area contributed by atoms with Crippen molar-refractivity contribution in [3.05, 3.63) is 41.2 Å². The number of rotatable bonds is 0. The van der Waals surface area contributed by atoms with Gasteiger partial charge in [-0.15, -0.1) is 0 Å². The molecular weight excluding hydrogens is 314 g/mol. The zero-order chi connectivity index (χ0) is 17.8. The van der Waals surface area contributed by atoms with Gasteiger partial charge in [0.05, 0.1) is 5.54 Å². The van der Waals surface area contributed by atoms with E-state index in [2.05, 4.69) is 29.2 Å². The summed E-state index contributed by atoms with van der Waals surface area (Å²) >= 11 is 0. The fourth-order valence-corrected chi connectivity index (χ4v) is 5.24. The molecule has 136 valence electrons. The van der Waals surface area contributed by atoms with Crippen LogP contribution in [0.3, 0.4) is 0 Å². The van der Waals surface area contributed by atoms with E-state index in [1.54, 1.807) is 0 Å². The zero-order valence-corrected chi connectivity index (χ0v) is 15.7. The molecule has 3 atom stereocenters. The molecule has 0 aromatic heterocycles. The molecule has 1 spiro atoms. The van der Waals surface area contributed by atoms with E-state index in [1.807, 2.05) is 27.7 Å². The molecule has 5 rings (SSSR count). The summed E-state index contributed by atoms with van der Waals surface area (Å²) in [5.41, 5.74) is 3.35. The molecule has 4 nitrogen and oxygen atoms in total. The van der Waals surface area contributed by atoms with Crippen molar-refractivity contribution in [1.29, 1.82) is 0 Å². The molecule has 0 amide bonds. The van der Waals surface area contributed by atoms with E-state index in [-0.39, 0.29) is 17.7 Å². The predicted octanol–water partition coefficient (Wildman–Crippen LogP) is 3.91. The summed E-state index contributed by atoms with van der Waals surface area (Å²) < 4.78 is 12.4. The maximum absolute atomic E-state index is 11.1. The van der Waals surface area contributed by atoms with Crippen LogP contribution in [0.4, 0.5) is 0 Å². The van der Waals surface area contributed by atoms with Crippen molar-refractivity contribution in [3.8, 4) is 0 Å². The first-order chi connectivity index (χ1) is 12.0. The lowest BCUT2D eigenvalue weighted by molar-refractivity contribution is -0.156. The van der Waals surface area contributed by atoms with Gasteiger partial charge >= 0.3 is 0 Å². The van der Waals surface area contributed by atoms with E-state index >= 15 is 0 Å². The number of aliphatic hydroxyl groups excluding tert-OH is 1. The Balaban J connectivity index is 0.000000758. The fraction of sp³-hybridized carbons (Fsp3) is 0.619. The van der Waals surface area contributed by atoms with Crippen molar-refractivity contribution >= 4 is 5.57 Å². The van der Waals surface area contributed by atoms with Gasteiger partial charge in [0.2, 0.25) is 0 Å². The molecule has 2 saturated heterocycles. The van der Waals surface area contributed by atoms with Gasteiger partial charge < -0.3 is 14.6 Å². The van der Waals surface area contributed by atoms with Gasteiger partial charge in [0, 0.05) is 12.1 Å². The van der Waals surface area contributed by atoms with E-state index in [0.717, 1.165) is 37.9 Å². The maximum Gasteiger partial charge on any atom is 0.164 e. The first kappa shape index (κ1) is 17.1. The quantitative estimate of drug-likeness (QED) is 0.776. The second-order valence-corrected chi connectivity index (χ2v) is 7.66. The van der Waals surface area contributed by atoms with Crippen molar-refractivity contribution in [2.24, 2.45) is 0 Å². The van der Waals surface area contributed by atoms with Crippen molar-refractivity contribution in [3.63, 3.8) is 0 Å². The first-order valence-electron chi connectivity index (χ1n) is 9.65. The number of aliphatic hydroxyl groups is 1. The van der Waals surface area contributed by atoms with E-state index in [4.69, 9.17) is 9.47 Å². The van der Waals surface area contributed by atoms with Gasteiger partial charge in [-0.1, -0.05) is 38.1 Å². The lowest BCUT2D eigenvalue weighted by Gasteiger charge is -2.40. The van der Waals surface area contributed by atoms with Crippen molar-refractivity contribution in [2.75, 3.05) is 13.1 Å². The Morgan fingerprint density at radius 1 is 1.12 bits per heavy atom.